The first-order valence-electron chi connectivity index (χ1n) is 13.3. The Hall–Kier alpha value is -2.89. The van der Waals surface area contributed by atoms with Crippen molar-refractivity contribution < 1.29 is 19.1 Å². The molecule has 0 bridgehead atoms. The molecule has 1 atom stereocenters. The van der Waals surface area contributed by atoms with Crippen LogP contribution in [0.3, 0.4) is 0 Å². The largest absolute Gasteiger partial charge is 0.481 e. The van der Waals surface area contributed by atoms with Gasteiger partial charge in [-0.1, -0.05) is 69.9 Å². The number of carboxylic acids is 1. The van der Waals surface area contributed by atoms with Crippen molar-refractivity contribution in [3.05, 3.63) is 58.9 Å². The molecule has 0 spiro atoms. The minimum atomic E-state index is -0.959. The van der Waals surface area contributed by atoms with Gasteiger partial charge in [0.25, 0.3) is 0 Å². The van der Waals surface area contributed by atoms with Crippen LogP contribution in [0.5, 0.6) is 0 Å². The summed E-state index contributed by atoms with van der Waals surface area (Å²) in [4.78, 5) is 26.9. The zero-order chi connectivity index (χ0) is 26.2. The van der Waals surface area contributed by atoms with Crippen LogP contribution in [-0.4, -0.2) is 29.6 Å². The third-order valence-corrected chi connectivity index (χ3v) is 7.11. The first kappa shape index (κ1) is 27.7. The van der Waals surface area contributed by atoms with Gasteiger partial charge in [0.1, 0.15) is 5.82 Å². The summed E-state index contributed by atoms with van der Waals surface area (Å²) in [6.07, 6.45) is 6.16. The number of halogens is 1. The van der Waals surface area contributed by atoms with Crippen LogP contribution < -0.4 is 10.2 Å². The van der Waals surface area contributed by atoms with Gasteiger partial charge < -0.3 is 15.3 Å². The Balaban J connectivity index is 2.02. The Morgan fingerprint density at radius 3 is 2.36 bits per heavy atom. The molecule has 36 heavy (non-hydrogen) atoms. The van der Waals surface area contributed by atoms with Crippen LogP contribution in [0.2, 0.25) is 0 Å². The zero-order valence-corrected chi connectivity index (χ0v) is 22.1. The predicted octanol–water partition coefficient (Wildman–Crippen LogP) is 7.08. The number of carbonyl (C=O) groups excluding carboxylic acids is 1. The molecule has 1 saturated carbocycles. The van der Waals surface area contributed by atoms with Gasteiger partial charge in [-0.15, -0.1) is 0 Å². The Morgan fingerprint density at radius 1 is 1.11 bits per heavy atom. The molecule has 5 nitrogen and oxygen atoms in total. The number of carbonyl (C=O) groups is 2. The number of hydrogen-bond acceptors (Lipinski definition) is 3. The van der Waals surface area contributed by atoms with E-state index < -0.39 is 17.7 Å². The molecule has 2 aromatic carbocycles. The highest BCUT2D eigenvalue weighted by Gasteiger charge is 2.27. The Kier molecular flexibility index (Phi) is 9.91. The first-order chi connectivity index (χ1) is 17.2. The fourth-order valence-electron chi connectivity index (χ4n) is 5.23. The van der Waals surface area contributed by atoms with E-state index in [9.17, 15) is 14.7 Å². The van der Waals surface area contributed by atoms with Crippen molar-refractivity contribution in [2.24, 2.45) is 5.92 Å². The second-order valence-electron chi connectivity index (χ2n) is 10.6. The van der Waals surface area contributed by atoms with Gasteiger partial charge in [0.15, 0.2) is 0 Å². The van der Waals surface area contributed by atoms with Crippen LogP contribution in [-0.2, 0) is 16.0 Å². The van der Waals surface area contributed by atoms with E-state index in [1.807, 2.05) is 38.1 Å². The maximum Gasteiger partial charge on any atom is 0.303 e. The lowest BCUT2D eigenvalue weighted by atomic mass is 9.90. The highest BCUT2D eigenvalue weighted by Crippen LogP contribution is 2.38. The average molecular weight is 497 g/mol. The lowest BCUT2D eigenvalue weighted by Crippen LogP contribution is -2.40. The van der Waals surface area contributed by atoms with Crippen LogP contribution >= 0.6 is 0 Å². The second kappa shape index (κ2) is 12.9. The molecule has 0 aliphatic heterocycles. The lowest BCUT2D eigenvalue weighted by Gasteiger charge is -2.38. The van der Waals surface area contributed by atoms with Crippen LogP contribution in [0.4, 0.5) is 15.8 Å². The van der Waals surface area contributed by atoms with Crippen LogP contribution in [0.25, 0.3) is 0 Å². The van der Waals surface area contributed by atoms with E-state index in [1.54, 1.807) is 6.07 Å². The number of benzene rings is 2. The molecule has 1 aliphatic rings. The number of rotatable bonds is 11. The summed E-state index contributed by atoms with van der Waals surface area (Å²) in [7, 11) is 0. The summed E-state index contributed by atoms with van der Waals surface area (Å²) in [6, 6.07) is 11.4. The van der Waals surface area contributed by atoms with Crippen LogP contribution in [0.15, 0.2) is 36.4 Å². The molecule has 1 fully saturated rings. The highest BCUT2D eigenvalue weighted by atomic mass is 19.1. The molecule has 196 valence electrons. The predicted molar refractivity (Wildman–Crippen MR) is 144 cm³/mol. The summed E-state index contributed by atoms with van der Waals surface area (Å²) in [5.41, 5.74) is 3.65. The third-order valence-electron chi connectivity index (χ3n) is 7.11. The Bertz CT molecular complexity index is 1030. The molecule has 3 rings (SSSR count). The first-order valence-corrected chi connectivity index (χ1v) is 13.3. The van der Waals surface area contributed by atoms with Gasteiger partial charge in [0, 0.05) is 12.6 Å². The highest BCUT2D eigenvalue weighted by molar-refractivity contribution is 5.96. The summed E-state index contributed by atoms with van der Waals surface area (Å²) in [6.45, 7) is 8.93. The second-order valence-corrected chi connectivity index (χ2v) is 10.6. The molecule has 1 aliphatic carbocycles. The summed E-state index contributed by atoms with van der Waals surface area (Å²) in [5, 5.41) is 12.4. The van der Waals surface area contributed by atoms with Crippen LogP contribution in [0.1, 0.15) is 88.3 Å². The van der Waals surface area contributed by atoms with Crippen molar-refractivity contribution in [1.82, 2.24) is 0 Å². The van der Waals surface area contributed by atoms with Crippen molar-refractivity contribution in [1.29, 1.82) is 0 Å². The van der Waals surface area contributed by atoms with Gasteiger partial charge >= 0.3 is 5.97 Å². The standard InChI is InChI=1S/C30H41FN2O3/c1-5-23(16-30(35)36)25-17-27(32-29(34)15-22-13-11-21(4)12-14-22)28(18-26(25)31)33(19-20(2)3)24-9-7-6-8-10-24/h11-14,17-18,20,23-24H,5-10,15-16,19H2,1-4H3,(H,32,34)(H,35,36). The van der Waals surface area contributed by atoms with Crippen molar-refractivity contribution in [2.45, 2.75) is 91.0 Å². The van der Waals surface area contributed by atoms with Crippen molar-refractivity contribution in [3.8, 4) is 0 Å². The molecular formula is C30H41FN2O3. The number of hydrogen-bond donors (Lipinski definition) is 2. The maximum atomic E-state index is 15.6. The summed E-state index contributed by atoms with van der Waals surface area (Å²) < 4.78 is 15.6. The Labute approximate surface area is 215 Å². The van der Waals surface area contributed by atoms with Crippen molar-refractivity contribution in [3.63, 3.8) is 0 Å². The summed E-state index contributed by atoms with van der Waals surface area (Å²) in [5.74, 6) is -1.63. The number of nitrogens with zero attached hydrogens (tertiary/aromatic N) is 1. The third kappa shape index (κ3) is 7.55. The van der Waals surface area contributed by atoms with E-state index in [1.165, 1.54) is 12.5 Å². The van der Waals surface area contributed by atoms with Gasteiger partial charge in [-0.3, -0.25) is 9.59 Å². The van der Waals surface area contributed by atoms with E-state index in [-0.39, 0.29) is 18.7 Å². The minimum Gasteiger partial charge on any atom is -0.481 e. The number of anilines is 2. The molecular weight excluding hydrogens is 455 g/mol. The number of carboxylic acid groups (broad SMARTS) is 1. The van der Waals surface area contributed by atoms with E-state index in [4.69, 9.17) is 0 Å². The van der Waals surface area contributed by atoms with Crippen molar-refractivity contribution >= 4 is 23.3 Å². The van der Waals surface area contributed by atoms with Gasteiger partial charge in [-0.05, 0) is 61.3 Å². The maximum absolute atomic E-state index is 15.6. The van der Waals surface area contributed by atoms with E-state index in [2.05, 4.69) is 24.1 Å². The van der Waals surface area contributed by atoms with E-state index in [0.717, 1.165) is 43.4 Å². The van der Waals surface area contributed by atoms with Crippen LogP contribution in [0, 0.1) is 18.7 Å². The lowest BCUT2D eigenvalue weighted by molar-refractivity contribution is -0.137. The summed E-state index contributed by atoms with van der Waals surface area (Å²) >= 11 is 0. The number of amides is 1. The topological polar surface area (TPSA) is 69.6 Å². The van der Waals surface area contributed by atoms with Crippen molar-refractivity contribution in [2.75, 3.05) is 16.8 Å². The smallest absolute Gasteiger partial charge is 0.303 e. The van der Waals surface area contributed by atoms with Gasteiger partial charge in [0.2, 0.25) is 5.91 Å². The molecule has 0 aromatic heterocycles. The molecule has 0 heterocycles. The SMILES string of the molecule is CCC(CC(=O)O)c1cc(NC(=O)Cc2ccc(C)cc2)c(N(CC(C)C)C2CCCCC2)cc1F. The number of nitrogens with one attached hydrogen (secondary N) is 1. The molecule has 2 aromatic rings. The quantitative estimate of drug-likeness (QED) is 0.349. The molecule has 0 saturated heterocycles. The molecule has 0 radical (unpaired) electrons. The molecule has 2 N–H and O–H groups in total. The zero-order valence-electron chi connectivity index (χ0n) is 22.1. The Morgan fingerprint density at radius 2 is 1.78 bits per heavy atom. The fourth-order valence-corrected chi connectivity index (χ4v) is 5.23. The molecule has 1 amide bonds. The normalized spacial score (nSPS) is 15.1. The average Bonchev–Trinajstić information content (AvgIpc) is 2.84. The molecule has 6 heteroatoms. The molecule has 1 unspecified atom stereocenters. The van der Waals surface area contributed by atoms with Gasteiger partial charge in [0.05, 0.1) is 24.2 Å². The number of aliphatic carboxylic acids is 1. The fraction of sp³-hybridized carbons (Fsp3) is 0.533. The van der Waals surface area contributed by atoms with Gasteiger partial charge in [-0.2, -0.15) is 0 Å². The van der Waals surface area contributed by atoms with Gasteiger partial charge in [-0.25, -0.2) is 4.39 Å². The van der Waals surface area contributed by atoms with E-state index in [0.29, 0.717) is 35.3 Å². The number of aryl methyl sites for hydroxylation is 1. The monoisotopic (exact) mass is 496 g/mol. The van der Waals surface area contributed by atoms with E-state index >= 15 is 4.39 Å². The minimum absolute atomic E-state index is 0.151.